The third kappa shape index (κ3) is 3.86. The smallest absolute Gasteiger partial charge is 0.254 e. The summed E-state index contributed by atoms with van der Waals surface area (Å²) in [4.78, 5) is 26.9. The second-order valence-electron chi connectivity index (χ2n) is 8.05. The Balaban J connectivity index is 1.35. The third-order valence-electron chi connectivity index (χ3n) is 5.76. The van der Waals surface area contributed by atoms with Gasteiger partial charge in [0.15, 0.2) is 11.6 Å². The molecule has 2 heterocycles. The lowest BCUT2D eigenvalue weighted by atomic mass is 10.1. The fourth-order valence-corrected chi connectivity index (χ4v) is 4.14. The summed E-state index contributed by atoms with van der Waals surface area (Å²) in [5.41, 5.74) is 3.66. The number of carbonyl (C=O) groups excluding carboxylic acids is 1. The fourth-order valence-electron chi connectivity index (χ4n) is 3.76. The minimum atomic E-state index is 0.0799. The Morgan fingerprint density at radius 2 is 1.73 bits per heavy atom. The summed E-state index contributed by atoms with van der Waals surface area (Å²) in [6.45, 7) is 4.84. The quantitative estimate of drug-likeness (QED) is 0.624. The number of hydrogen-bond donors (Lipinski definition) is 1. The Morgan fingerprint density at radius 3 is 2.40 bits per heavy atom. The molecule has 7 heteroatoms. The summed E-state index contributed by atoms with van der Waals surface area (Å²) >= 11 is 3.53. The number of nitrogens with one attached hydrogen (secondary N) is 1. The first-order valence-electron chi connectivity index (χ1n) is 10.4. The van der Waals surface area contributed by atoms with E-state index in [4.69, 9.17) is 9.97 Å². The molecule has 0 radical (unpaired) electrons. The predicted octanol–water partition coefficient (Wildman–Crippen LogP) is 4.24. The van der Waals surface area contributed by atoms with Crippen molar-refractivity contribution >= 4 is 44.5 Å². The first-order valence-corrected chi connectivity index (χ1v) is 11.2. The molecule has 2 aromatic carbocycles. The molecule has 1 amide bonds. The van der Waals surface area contributed by atoms with Crippen molar-refractivity contribution in [1.29, 1.82) is 0 Å². The van der Waals surface area contributed by atoms with E-state index in [2.05, 4.69) is 26.1 Å². The lowest BCUT2D eigenvalue weighted by molar-refractivity contribution is 0.0746. The van der Waals surface area contributed by atoms with Crippen molar-refractivity contribution in [2.75, 3.05) is 36.4 Å². The minimum absolute atomic E-state index is 0.0799. The lowest BCUT2D eigenvalue weighted by Crippen LogP contribution is -2.49. The number of aryl methyl sites for hydroxylation is 1. The Labute approximate surface area is 184 Å². The van der Waals surface area contributed by atoms with E-state index in [1.807, 2.05) is 54.3 Å². The number of hydrogen-bond acceptors (Lipinski definition) is 5. The highest BCUT2D eigenvalue weighted by atomic mass is 79.9. The van der Waals surface area contributed by atoms with Crippen molar-refractivity contribution in [2.24, 2.45) is 0 Å². The Kier molecular flexibility index (Phi) is 5.06. The normalized spacial score (nSPS) is 16.7. The van der Waals surface area contributed by atoms with E-state index < -0.39 is 0 Å². The first kappa shape index (κ1) is 19.3. The van der Waals surface area contributed by atoms with E-state index >= 15 is 0 Å². The number of halogens is 1. The Bertz CT molecular complexity index is 1110. The van der Waals surface area contributed by atoms with Gasteiger partial charge in [-0.25, -0.2) is 9.97 Å². The molecule has 1 aromatic heterocycles. The molecule has 2 aliphatic rings. The number of carbonyl (C=O) groups is 1. The van der Waals surface area contributed by atoms with Gasteiger partial charge in [-0.3, -0.25) is 4.79 Å². The van der Waals surface area contributed by atoms with Crippen molar-refractivity contribution in [3.8, 4) is 0 Å². The first-order chi connectivity index (χ1) is 14.6. The van der Waals surface area contributed by atoms with Crippen molar-refractivity contribution in [2.45, 2.75) is 25.8 Å². The maximum atomic E-state index is 12.9. The molecule has 154 valence electrons. The van der Waals surface area contributed by atoms with E-state index in [0.29, 0.717) is 19.1 Å². The molecule has 1 N–H and O–H groups in total. The van der Waals surface area contributed by atoms with Crippen molar-refractivity contribution in [1.82, 2.24) is 14.9 Å². The maximum absolute atomic E-state index is 12.9. The molecule has 0 bridgehead atoms. The molecular formula is C23H24BrN5O. The number of para-hydroxylation sites is 2. The summed E-state index contributed by atoms with van der Waals surface area (Å²) in [6, 6.07) is 14.3. The van der Waals surface area contributed by atoms with Crippen LogP contribution in [-0.2, 0) is 0 Å². The van der Waals surface area contributed by atoms with Crippen LogP contribution in [0.2, 0.25) is 0 Å². The van der Waals surface area contributed by atoms with Gasteiger partial charge in [0, 0.05) is 42.3 Å². The molecule has 2 fully saturated rings. The highest BCUT2D eigenvalue weighted by Crippen LogP contribution is 2.31. The molecule has 1 saturated carbocycles. The molecule has 1 saturated heterocycles. The summed E-state index contributed by atoms with van der Waals surface area (Å²) in [5, 5.41) is 3.54. The van der Waals surface area contributed by atoms with Crippen LogP contribution < -0.4 is 10.2 Å². The number of aromatic nitrogens is 2. The van der Waals surface area contributed by atoms with E-state index in [1.165, 1.54) is 12.8 Å². The molecule has 6 nitrogen and oxygen atoms in total. The van der Waals surface area contributed by atoms with E-state index in [1.54, 1.807) is 0 Å². The zero-order chi connectivity index (χ0) is 20.7. The number of nitrogens with zero attached hydrogens (tertiary/aromatic N) is 4. The lowest BCUT2D eigenvalue weighted by Gasteiger charge is -2.36. The van der Waals surface area contributed by atoms with Crippen LogP contribution in [0.5, 0.6) is 0 Å². The van der Waals surface area contributed by atoms with Gasteiger partial charge in [0.2, 0.25) is 0 Å². The van der Waals surface area contributed by atoms with Crippen LogP contribution in [0.15, 0.2) is 46.9 Å². The number of benzene rings is 2. The van der Waals surface area contributed by atoms with Gasteiger partial charge in [-0.2, -0.15) is 0 Å². The van der Waals surface area contributed by atoms with Crippen LogP contribution in [-0.4, -0.2) is 53.0 Å². The van der Waals surface area contributed by atoms with Gasteiger partial charge in [-0.05, 0) is 49.6 Å². The third-order valence-corrected chi connectivity index (χ3v) is 6.61. The molecule has 1 aliphatic carbocycles. The minimum Gasteiger partial charge on any atom is -0.364 e. The fraction of sp³-hybridized carbons (Fsp3) is 0.348. The van der Waals surface area contributed by atoms with Crippen LogP contribution in [0, 0.1) is 6.92 Å². The zero-order valence-electron chi connectivity index (χ0n) is 16.9. The van der Waals surface area contributed by atoms with E-state index in [9.17, 15) is 4.79 Å². The number of rotatable bonds is 4. The van der Waals surface area contributed by atoms with E-state index in [-0.39, 0.29) is 5.91 Å². The van der Waals surface area contributed by atoms with Crippen molar-refractivity contribution in [3.63, 3.8) is 0 Å². The van der Waals surface area contributed by atoms with Gasteiger partial charge >= 0.3 is 0 Å². The van der Waals surface area contributed by atoms with Crippen LogP contribution in [0.3, 0.4) is 0 Å². The standard InChI is InChI=1S/C23H24BrN5O/c1-15-6-7-16(14-18(15)24)23(30)29-12-10-28(11-13-29)22-21(25-17-8-9-17)26-19-4-2-3-5-20(19)27-22/h2-7,14,17H,8-13H2,1H3,(H,25,26). The monoisotopic (exact) mass is 465 g/mol. The second-order valence-corrected chi connectivity index (χ2v) is 8.90. The number of piperazine rings is 1. The predicted molar refractivity (Wildman–Crippen MR) is 123 cm³/mol. The van der Waals surface area contributed by atoms with Crippen LogP contribution in [0.1, 0.15) is 28.8 Å². The van der Waals surface area contributed by atoms with Gasteiger partial charge in [0.25, 0.3) is 5.91 Å². The molecule has 1 aliphatic heterocycles. The Hall–Kier alpha value is -2.67. The van der Waals surface area contributed by atoms with Crippen LogP contribution in [0.4, 0.5) is 11.6 Å². The summed E-state index contributed by atoms with van der Waals surface area (Å²) < 4.78 is 0.967. The average Bonchev–Trinajstić information content (AvgIpc) is 3.59. The van der Waals surface area contributed by atoms with Crippen molar-refractivity contribution in [3.05, 3.63) is 58.1 Å². The van der Waals surface area contributed by atoms with E-state index in [0.717, 1.165) is 51.4 Å². The van der Waals surface area contributed by atoms with Gasteiger partial charge in [-0.15, -0.1) is 0 Å². The zero-order valence-corrected chi connectivity index (χ0v) is 18.5. The number of fused-ring (bicyclic) bond motifs is 1. The average molecular weight is 466 g/mol. The van der Waals surface area contributed by atoms with Crippen LogP contribution >= 0.6 is 15.9 Å². The van der Waals surface area contributed by atoms with Crippen LogP contribution in [0.25, 0.3) is 11.0 Å². The summed E-state index contributed by atoms with van der Waals surface area (Å²) in [5.74, 6) is 1.83. The molecule has 0 unspecified atom stereocenters. The summed E-state index contributed by atoms with van der Waals surface area (Å²) in [7, 11) is 0. The molecular weight excluding hydrogens is 442 g/mol. The maximum Gasteiger partial charge on any atom is 0.254 e. The number of amides is 1. The van der Waals surface area contributed by atoms with Gasteiger partial charge in [0.05, 0.1) is 11.0 Å². The molecule has 3 aromatic rings. The highest BCUT2D eigenvalue weighted by molar-refractivity contribution is 9.10. The SMILES string of the molecule is Cc1ccc(C(=O)N2CCN(c3nc4ccccc4nc3NC3CC3)CC2)cc1Br. The van der Waals surface area contributed by atoms with Gasteiger partial charge in [-0.1, -0.05) is 34.1 Å². The topological polar surface area (TPSA) is 61.4 Å². The van der Waals surface area contributed by atoms with Crippen molar-refractivity contribution < 1.29 is 4.79 Å². The molecule has 0 atom stereocenters. The van der Waals surface area contributed by atoms with Gasteiger partial charge < -0.3 is 15.1 Å². The summed E-state index contributed by atoms with van der Waals surface area (Å²) in [6.07, 6.45) is 2.37. The highest BCUT2D eigenvalue weighted by Gasteiger charge is 2.28. The second kappa shape index (κ2) is 7.87. The largest absolute Gasteiger partial charge is 0.364 e. The molecule has 5 rings (SSSR count). The van der Waals surface area contributed by atoms with Gasteiger partial charge in [0.1, 0.15) is 0 Å². The number of anilines is 2. The molecule has 30 heavy (non-hydrogen) atoms. The molecule has 0 spiro atoms. The Morgan fingerprint density at radius 1 is 1.03 bits per heavy atom.